The molecule has 0 fully saturated rings. The van der Waals surface area contributed by atoms with E-state index in [1.165, 1.54) is 57.4 Å². The van der Waals surface area contributed by atoms with E-state index in [2.05, 4.69) is 13.5 Å². The lowest BCUT2D eigenvalue weighted by molar-refractivity contribution is 0.421. The number of hydrogen-bond acceptors (Lipinski definition) is 1. The van der Waals surface area contributed by atoms with E-state index in [9.17, 15) is 0 Å². The summed E-state index contributed by atoms with van der Waals surface area (Å²) >= 11 is 0. The Kier molecular flexibility index (Phi) is 11.4. The molecule has 0 spiro atoms. The molecule has 0 heterocycles. The molecule has 2 heteroatoms. The summed E-state index contributed by atoms with van der Waals surface area (Å²) in [6.07, 6.45) is 11.4. The van der Waals surface area contributed by atoms with Crippen LogP contribution in [0.2, 0.25) is 12.6 Å². The van der Waals surface area contributed by atoms with Crippen LogP contribution in [0.3, 0.4) is 0 Å². The van der Waals surface area contributed by atoms with Gasteiger partial charge in [0.25, 0.3) is 0 Å². The van der Waals surface area contributed by atoms with E-state index in [0.717, 1.165) is 0 Å². The molecule has 0 aliphatic rings. The van der Waals surface area contributed by atoms with Crippen molar-refractivity contribution in [3.63, 3.8) is 0 Å². The molecule has 0 bridgehead atoms. The van der Waals surface area contributed by atoms with Gasteiger partial charge in [0, 0.05) is 7.11 Å². The molecule has 0 aromatic carbocycles. The Hall–Kier alpha value is 0.177. The maximum Gasteiger partial charge on any atom is 0.173 e. The largest absolute Gasteiger partial charge is 0.423 e. The minimum atomic E-state index is -0.751. The smallest absolute Gasteiger partial charge is 0.173 e. The first kappa shape index (κ1) is 14.2. The van der Waals surface area contributed by atoms with Gasteiger partial charge in [0.15, 0.2) is 9.04 Å². The lowest BCUT2D eigenvalue weighted by atomic mass is 10.1. The first-order valence-electron chi connectivity index (χ1n) is 6.34. The standard InChI is InChI=1S/C12H28OSi/c1-4-5-6-7-8-9-10-11-12-14(3)13-2/h14H,4-12H2,1-3H3. The summed E-state index contributed by atoms with van der Waals surface area (Å²) in [5.74, 6) is 0. The van der Waals surface area contributed by atoms with E-state index < -0.39 is 9.04 Å². The summed E-state index contributed by atoms with van der Waals surface area (Å²) in [4.78, 5) is 0. The normalized spacial score (nSPS) is 13.1. The van der Waals surface area contributed by atoms with Gasteiger partial charge in [-0.2, -0.15) is 0 Å². The average molecular weight is 216 g/mol. The lowest BCUT2D eigenvalue weighted by Crippen LogP contribution is -2.08. The van der Waals surface area contributed by atoms with Crippen LogP contribution < -0.4 is 0 Å². The maximum atomic E-state index is 5.35. The topological polar surface area (TPSA) is 9.23 Å². The van der Waals surface area contributed by atoms with Crippen LogP contribution in [-0.4, -0.2) is 16.2 Å². The first-order valence-corrected chi connectivity index (χ1v) is 8.78. The Labute approximate surface area is 92.0 Å². The van der Waals surface area contributed by atoms with Crippen molar-refractivity contribution in [1.82, 2.24) is 0 Å². The fourth-order valence-corrected chi connectivity index (χ4v) is 2.78. The van der Waals surface area contributed by atoms with Gasteiger partial charge < -0.3 is 4.43 Å². The fourth-order valence-electron chi connectivity index (χ4n) is 1.68. The van der Waals surface area contributed by atoms with Crippen molar-refractivity contribution in [3.8, 4) is 0 Å². The van der Waals surface area contributed by atoms with Crippen molar-refractivity contribution in [2.45, 2.75) is 70.9 Å². The number of unbranched alkanes of at least 4 members (excludes halogenated alkanes) is 7. The predicted octanol–water partition coefficient (Wildman–Crippen LogP) is 4.13. The van der Waals surface area contributed by atoms with Crippen molar-refractivity contribution in [1.29, 1.82) is 0 Å². The molecule has 1 atom stereocenters. The van der Waals surface area contributed by atoms with Crippen molar-refractivity contribution in [2.75, 3.05) is 7.11 Å². The molecule has 0 aliphatic heterocycles. The van der Waals surface area contributed by atoms with Crippen molar-refractivity contribution in [3.05, 3.63) is 0 Å². The highest BCUT2D eigenvalue weighted by Crippen LogP contribution is 2.10. The molecule has 0 radical (unpaired) electrons. The minimum Gasteiger partial charge on any atom is -0.423 e. The Morgan fingerprint density at radius 1 is 0.857 bits per heavy atom. The molecule has 0 aromatic rings. The SMILES string of the molecule is CCCCCCCCCC[SiH](C)OC. The molecule has 0 saturated carbocycles. The summed E-state index contributed by atoms with van der Waals surface area (Å²) in [5, 5.41) is 0. The number of rotatable bonds is 10. The molecular formula is C12H28OSi. The van der Waals surface area contributed by atoms with Crippen LogP contribution in [0.4, 0.5) is 0 Å². The zero-order valence-electron chi connectivity index (χ0n) is 10.3. The zero-order chi connectivity index (χ0) is 10.6. The van der Waals surface area contributed by atoms with Gasteiger partial charge in [0.1, 0.15) is 0 Å². The second kappa shape index (κ2) is 11.3. The Morgan fingerprint density at radius 2 is 1.36 bits per heavy atom. The van der Waals surface area contributed by atoms with Gasteiger partial charge in [-0.3, -0.25) is 0 Å². The van der Waals surface area contributed by atoms with Gasteiger partial charge in [-0.15, -0.1) is 0 Å². The molecule has 0 amide bonds. The molecule has 0 N–H and O–H groups in total. The summed E-state index contributed by atoms with van der Waals surface area (Å²) < 4.78 is 5.35. The van der Waals surface area contributed by atoms with E-state index in [4.69, 9.17) is 4.43 Å². The second-order valence-corrected chi connectivity index (χ2v) is 6.98. The van der Waals surface area contributed by atoms with Crippen molar-refractivity contribution < 1.29 is 4.43 Å². The molecule has 0 rings (SSSR count). The fraction of sp³-hybridized carbons (Fsp3) is 1.00. The quantitative estimate of drug-likeness (QED) is 0.394. The average Bonchev–Trinajstić information content (AvgIpc) is 2.21. The molecule has 14 heavy (non-hydrogen) atoms. The highest BCUT2D eigenvalue weighted by Gasteiger charge is 2.00. The summed E-state index contributed by atoms with van der Waals surface area (Å²) in [7, 11) is 1.11. The second-order valence-electron chi connectivity index (χ2n) is 4.31. The van der Waals surface area contributed by atoms with Gasteiger partial charge in [-0.05, 0) is 12.6 Å². The van der Waals surface area contributed by atoms with Crippen LogP contribution in [0.5, 0.6) is 0 Å². The Balaban J connectivity index is 2.92. The third-order valence-electron chi connectivity index (χ3n) is 2.87. The van der Waals surface area contributed by atoms with Gasteiger partial charge in [-0.25, -0.2) is 0 Å². The van der Waals surface area contributed by atoms with Gasteiger partial charge in [0.2, 0.25) is 0 Å². The van der Waals surface area contributed by atoms with E-state index in [1.54, 1.807) is 0 Å². The minimum absolute atomic E-state index is 0.751. The maximum absolute atomic E-state index is 5.35. The van der Waals surface area contributed by atoms with Gasteiger partial charge in [-0.1, -0.05) is 58.3 Å². The molecule has 1 nitrogen and oxygen atoms in total. The Morgan fingerprint density at radius 3 is 1.86 bits per heavy atom. The van der Waals surface area contributed by atoms with E-state index >= 15 is 0 Å². The van der Waals surface area contributed by atoms with Crippen LogP contribution >= 0.6 is 0 Å². The van der Waals surface area contributed by atoms with Crippen LogP contribution in [0.1, 0.15) is 58.3 Å². The molecule has 0 saturated heterocycles. The van der Waals surface area contributed by atoms with E-state index in [1.807, 2.05) is 7.11 Å². The molecule has 86 valence electrons. The number of hydrogen-bond donors (Lipinski definition) is 0. The first-order chi connectivity index (χ1) is 6.81. The lowest BCUT2D eigenvalue weighted by Gasteiger charge is -2.06. The summed E-state index contributed by atoms with van der Waals surface area (Å²) in [6.45, 7) is 4.57. The highest BCUT2D eigenvalue weighted by atomic mass is 28.3. The van der Waals surface area contributed by atoms with Crippen molar-refractivity contribution >= 4 is 9.04 Å². The van der Waals surface area contributed by atoms with Crippen LogP contribution in [0.15, 0.2) is 0 Å². The molecule has 0 aromatic heterocycles. The van der Waals surface area contributed by atoms with E-state index in [0.29, 0.717) is 0 Å². The molecule has 0 aliphatic carbocycles. The predicted molar refractivity (Wildman–Crippen MR) is 67.4 cm³/mol. The monoisotopic (exact) mass is 216 g/mol. The highest BCUT2D eigenvalue weighted by molar-refractivity contribution is 6.50. The molecule has 1 unspecified atom stereocenters. The van der Waals surface area contributed by atoms with Gasteiger partial charge >= 0.3 is 0 Å². The molecular weight excluding hydrogens is 188 g/mol. The summed E-state index contributed by atoms with van der Waals surface area (Å²) in [5.41, 5.74) is 0. The summed E-state index contributed by atoms with van der Waals surface area (Å²) in [6, 6.07) is 1.37. The zero-order valence-corrected chi connectivity index (χ0v) is 11.5. The van der Waals surface area contributed by atoms with Crippen LogP contribution in [0, 0.1) is 0 Å². The van der Waals surface area contributed by atoms with Gasteiger partial charge in [0.05, 0.1) is 0 Å². The van der Waals surface area contributed by atoms with Crippen LogP contribution in [0.25, 0.3) is 0 Å². The third-order valence-corrected chi connectivity index (χ3v) is 4.89. The van der Waals surface area contributed by atoms with Crippen molar-refractivity contribution in [2.24, 2.45) is 0 Å². The Bertz CT molecular complexity index is 106. The third kappa shape index (κ3) is 10.3. The van der Waals surface area contributed by atoms with Crippen LogP contribution in [-0.2, 0) is 4.43 Å². The van der Waals surface area contributed by atoms with E-state index in [-0.39, 0.29) is 0 Å².